The molecular formula is C12H15Cl2NO2. The highest BCUT2D eigenvalue weighted by molar-refractivity contribution is 6.65. The number of rotatable bonds is 5. The molecule has 1 atom stereocenters. The van der Waals surface area contributed by atoms with E-state index in [0.29, 0.717) is 16.5 Å². The largest absolute Gasteiger partial charge is 0.493 e. The fourth-order valence-corrected chi connectivity index (χ4v) is 2.04. The number of methoxy groups -OCH3 is 1. The van der Waals surface area contributed by atoms with Crippen molar-refractivity contribution < 1.29 is 9.53 Å². The number of anilines is 1. The van der Waals surface area contributed by atoms with Gasteiger partial charge in [-0.25, -0.2) is 0 Å². The summed E-state index contributed by atoms with van der Waals surface area (Å²) < 4.78 is 5.19. The number of carbonyl (C=O) groups is 1. The lowest BCUT2D eigenvalue weighted by atomic mass is 10.1. The first-order valence-corrected chi connectivity index (χ1v) is 6.01. The van der Waals surface area contributed by atoms with Gasteiger partial charge in [0.15, 0.2) is 5.75 Å². The van der Waals surface area contributed by atoms with Crippen LogP contribution in [0, 0.1) is 5.92 Å². The highest BCUT2D eigenvalue weighted by Crippen LogP contribution is 2.33. The topological polar surface area (TPSA) is 38.3 Å². The molecule has 0 fully saturated rings. The fraction of sp³-hybridized carbons (Fsp3) is 0.417. The second kappa shape index (κ2) is 6.12. The number of carbonyl (C=O) groups excluding carboxylic acids is 1. The third kappa shape index (κ3) is 3.51. The molecule has 1 N–H and O–H groups in total. The van der Waals surface area contributed by atoms with Crippen molar-refractivity contribution in [2.45, 2.75) is 19.9 Å². The van der Waals surface area contributed by atoms with Crippen molar-refractivity contribution in [3.8, 4) is 5.75 Å². The molecular weight excluding hydrogens is 261 g/mol. The summed E-state index contributed by atoms with van der Waals surface area (Å²) >= 11 is 11.5. The Kier molecular flexibility index (Phi) is 5.09. The van der Waals surface area contributed by atoms with Gasteiger partial charge in [-0.2, -0.15) is 0 Å². The number of hydrogen-bond acceptors (Lipinski definition) is 3. The van der Waals surface area contributed by atoms with Gasteiger partial charge < -0.3 is 10.1 Å². The van der Waals surface area contributed by atoms with Crippen LogP contribution in [0.15, 0.2) is 18.2 Å². The van der Waals surface area contributed by atoms with Crippen LogP contribution in [0.25, 0.3) is 0 Å². The van der Waals surface area contributed by atoms with Gasteiger partial charge in [0.2, 0.25) is 5.24 Å². The minimum Gasteiger partial charge on any atom is -0.493 e. The van der Waals surface area contributed by atoms with Gasteiger partial charge in [0, 0.05) is 0 Å². The SMILES string of the molecule is COc1c(Cl)cccc1NC(C(=O)Cl)C(C)C. The first kappa shape index (κ1) is 14.1. The maximum absolute atomic E-state index is 11.3. The van der Waals surface area contributed by atoms with Crippen LogP contribution >= 0.6 is 23.2 Å². The second-order valence-corrected chi connectivity index (χ2v) is 4.77. The van der Waals surface area contributed by atoms with Crippen molar-refractivity contribution in [3.63, 3.8) is 0 Å². The zero-order chi connectivity index (χ0) is 13.0. The number of nitrogens with one attached hydrogen (secondary N) is 1. The Balaban J connectivity index is 3.01. The van der Waals surface area contributed by atoms with Crippen LogP contribution in [-0.4, -0.2) is 18.4 Å². The normalized spacial score (nSPS) is 12.4. The van der Waals surface area contributed by atoms with Crippen LogP contribution in [0.4, 0.5) is 5.69 Å². The summed E-state index contributed by atoms with van der Waals surface area (Å²) in [7, 11) is 1.53. The van der Waals surface area contributed by atoms with Crippen molar-refractivity contribution in [2.24, 2.45) is 5.92 Å². The van der Waals surface area contributed by atoms with Gasteiger partial charge in [-0.15, -0.1) is 0 Å². The Hall–Kier alpha value is -0.930. The molecule has 0 heterocycles. The van der Waals surface area contributed by atoms with Gasteiger partial charge in [0.05, 0.1) is 17.8 Å². The number of para-hydroxylation sites is 1. The van der Waals surface area contributed by atoms with E-state index in [4.69, 9.17) is 27.9 Å². The predicted molar refractivity (Wildman–Crippen MR) is 71.1 cm³/mol. The standard InChI is InChI=1S/C12H15Cl2NO2/c1-7(2)10(12(14)16)15-9-6-4-5-8(13)11(9)17-3/h4-7,10,15H,1-3H3. The average Bonchev–Trinajstić information content (AvgIpc) is 2.25. The van der Waals surface area contributed by atoms with Gasteiger partial charge in [-0.1, -0.05) is 31.5 Å². The van der Waals surface area contributed by atoms with Crippen molar-refractivity contribution in [3.05, 3.63) is 23.2 Å². The van der Waals surface area contributed by atoms with E-state index < -0.39 is 11.3 Å². The smallest absolute Gasteiger partial charge is 0.244 e. The van der Waals surface area contributed by atoms with E-state index in [2.05, 4.69) is 5.32 Å². The lowest BCUT2D eigenvalue weighted by Gasteiger charge is -2.21. The van der Waals surface area contributed by atoms with Crippen molar-refractivity contribution in [2.75, 3.05) is 12.4 Å². The molecule has 17 heavy (non-hydrogen) atoms. The van der Waals surface area contributed by atoms with Crippen molar-refractivity contribution in [1.82, 2.24) is 0 Å². The van der Waals surface area contributed by atoms with E-state index in [0.717, 1.165) is 0 Å². The summed E-state index contributed by atoms with van der Waals surface area (Å²) in [6.07, 6.45) is 0. The molecule has 94 valence electrons. The highest BCUT2D eigenvalue weighted by Gasteiger charge is 2.21. The van der Waals surface area contributed by atoms with Crippen LogP contribution in [0.3, 0.4) is 0 Å². The summed E-state index contributed by atoms with van der Waals surface area (Å²) in [6.45, 7) is 3.82. The fourth-order valence-electron chi connectivity index (χ4n) is 1.48. The summed E-state index contributed by atoms with van der Waals surface area (Å²) in [6, 6.07) is 4.82. The number of ether oxygens (including phenoxy) is 1. The van der Waals surface area contributed by atoms with E-state index in [1.165, 1.54) is 7.11 Å². The molecule has 1 unspecified atom stereocenters. The molecule has 1 aromatic carbocycles. The van der Waals surface area contributed by atoms with Gasteiger partial charge in [-0.05, 0) is 29.7 Å². The molecule has 0 radical (unpaired) electrons. The molecule has 3 nitrogen and oxygen atoms in total. The monoisotopic (exact) mass is 275 g/mol. The second-order valence-electron chi connectivity index (χ2n) is 3.99. The molecule has 0 amide bonds. The molecule has 0 spiro atoms. The Morgan fingerprint density at radius 3 is 2.53 bits per heavy atom. The van der Waals surface area contributed by atoms with E-state index in [1.807, 2.05) is 13.8 Å². The third-order valence-corrected chi connectivity index (χ3v) is 2.93. The van der Waals surface area contributed by atoms with Crippen LogP contribution in [0.1, 0.15) is 13.8 Å². The van der Waals surface area contributed by atoms with Crippen molar-refractivity contribution >= 4 is 34.1 Å². The molecule has 0 aliphatic rings. The van der Waals surface area contributed by atoms with Crippen LogP contribution < -0.4 is 10.1 Å². The molecule has 0 aliphatic carbocycles. The summed E-state index contributed by atoms with van der Waals surface area (Å²) in [4.78, 5) is 11.3. The quantitative estimate of drug-likeness (QED) is 0.836. The Bertz CT molecular complexity index is 407. The maximum Gasteiger partial charge on any atom is 0.244 e. The summed E-state index contributed by atoms with van der Waals surface area (Å²) in [5, 5.41) is 3.11. The van der Waals surface area contributed by atoms with E-state index >= 15 is 0 Å². The molecule has 0 saturated heterocycles. The first-order valence-electron chi connectivity index (χ1n) is 5.25. The number of halogens is 2. The molecule has 0 saturated carbocycles. The average molecular weight is 276 g/mol. The predicted octanol–water partition coefficient (Wildman–Crippen LogP) is 3.55. The van der Waals surface area contributed by atoms with Gasteiger partial charge in [0.25, 0.3) is 0 Å². The minimum atomic E-state index is -0.468. The van der Waals surface area contributed by atoms with E-state index in [9.17, 15) is 4.79 Å². The maximum atomic E-state index is 11.3. The number of benzene rings is 1. The first-order chi connectivity index (χ1) is 7.97. The minimum absolute atomic E-state index is 0.0729. The molecule has 0 aliphatic heterocycles. The van der Waals surface area contributed by atoms with E-state index in [1.54, 1.807) is 18.2 Å². The number of hydrogen-bond donors (Lipinski definition) is 1. The highest BCUT2D eigenvalue weighted by atomic mass is 35.5. The summed E-state index contributed by atoms with van der Waals surface area (Å²) in [5.74, 6) is 0.585. The molecule has 0 bridgehead atoms. The van der Waals surface area contributed by atoms with Gasteiger partial charge in [0.1, 0.15) is 6.04 Å². The lowest BCUT2D eigenvalue weighted by Crippen LogP contribution is -2.31. The lowest BCUT2D eigenvalue weighted by molar-refractivity contribution is -0.113. The zero-order valence-corrected chi connectivity index (χ0v) is 11.5. The third-order valence-electron chi connectivity index (χ3n) is 2.39. The Morgan fingerprint density at radius 1 is 1.41 bits per heavy atom. The van der Waals surface area contributed by atoms with Crippen LogP contribution in [0.2, 0.25) is 5.02 Å². The van der Waals surface area contributed by atoms with Gasteiger partial charge in [-0.3, -0.25) is 4.79 Å². The molecule has 5 heteroatoms. The van der Waals surface area contributed by atoms with Crippen LogP contribution in [0.5, 0.6) is 5.75 Å². The molecule has 0 aromatic heterocycles. The Morgan fingerprint density at radius 2 is 2.06 bits per heavy atom. The summed E-state index contributed by atoms with van der Waals surface area (Å²) in [5.41, 5.74) is 0.660. The van der Waals surface area contributed by atoms with Crippen molar-refractivity contribution in [1.29, 1.82) is 0 Å². The Labute approximate surface area is 111 Å². The molecule has 1 rings (SSSR count). The zero-order valence-electron chi connectivity index (χ0n) is 9.96. The molecule has 1 aromatic rings. The van der Waals surface area contributed by atoms with E-state index in [-0.39, 0.29) is 5.92 Å². The van der Waals surface area contributed by atoms with Crippen LogP contribution in [-0.2, 0) is 4.79 Å². The van der Waals surface area contributed by atoms with Gasteiger partial charge >= 0.3 is 0 Å².